The molecule has 5 rings (SSSR count). The van der Waals surface area contributed by atoms with E-state index >= 15 is 0 Å². The summed E-state index contributed by atoms with van der Waals surface area (Å²) < 4.78 is 6.29. The molecule has 1 nitrogen and oxygen atoms in total. The predicted octanol–water partition coefficient (Wildman–Crippen LogP) is 7.35. The molecule has 5 aliphatic carbocycles. The van der Waals surface area contributed by atoms with Crippen LogP contribution in [0.3, 0.4) is 0 Å². The molecule has 168 valence electrons. The Bertz CT molecular complexity index is 751. The maximum Gasteiger partial charge on any atom is 0.0638 e. The average Bonchev–Trinajstić information content (AvgIpc) is 3.17. The van der Waals surface area contributed by atoms with Gasteiger partial charge in [0.2, 0.25) is 0 Å². The van der Waals surface area contributed by atoms with E-state index in [-0.39, 0.29) is 5.41 Å². The van der Waals surface area contributed by atoms with Crippen LogP contribution in [0, 0.1) is 69.0 Å². The smallest absolute Gasteiger partial charge is 0.0638 e. The summed E-state index contributed by atoms with van der Waals surface area (Å²) in [7, 11) is 2.02. The Kier molecular flexibility index (Phi) is 4.82. The zero-order valence-electron chi connectivity index (χ0n) is 20.8. The molecule has 0 aromatic rings. The minimum Gasteiger partial charge on any atom is -0.381 e. The lowest BCUT2D eigenvalue weighted by molar-refractivity contribution is -0.160. The highest BCUT2D eigenvalue weighted by Crippen LogP contribution is 2.82. The normalized spacial score (nSPS) is 52.4. The topological polar surface area (TPSA) is 9.23 Å². The third-order valence-corrected chi connectivity index (χ3v) is 11.5. The Hall–Kier alpha value is -0.480. The first kappa shape index (κ1) is 21.4. The summed E-state index contributed by atoms with van der Waals surface area (Å²) >= 11 is 0. The Morgan fingerprint density at radius 1 is 1.03 bits per heavy atom. The van der Waals surface area contributed by atoms with Gasteiger partial charge in [-0.1, -0.05) is 26.7 Å². The summed E-state index contributed by atoms with van der Waals surface area (Å²) in [5.74, 6) is 12.4. The van der Waals surface area contributed by atoms with Crippen LogP contribution < -0.4 is 0 Å². The zero-order valence-corrected chi connectivity index (χ0v) is 20.8. The summed E-state index contributed by atoms with van der Waals surface area (Å²) in [6.45, 7) is 14.6. The first-order chi connectivity index (χ1) is 14.1. The van der Waals surface area contributed by atoms with Gasteiger partial charge in [0.05, 0.1) is 6.10 Å². The highest BCUT2D eigenvalue weighted by atomic mass is 16.5. The van der Waals surface area contributed by atoms with Crippen molar-refractivity contribution in [3.05, 3.63) is 0 Å². The van der Waals surface area contributed by atoms with Crippen molar-refractivity contribution in [3.63, 3.8) is 0 Å². The fraction of sp³-hybridized carbons (Fsp3) is 0.931. The molecule has 0 N–H and O–H groups in total. The first-order valence-corrected chi connectivity index (χ1v) is 13.1. The molecule has 0 aromatic heterocycles. The summed E-state index contributed by atoms with van der Waals surface area (Å²) in [5, 5.41) is 0. The van der Waals surface area contributed by atoms with Gasteiger partial charge >= 0.3 is 0 Å². The zero-order chi connectivity index (χ0) is 21.5. The van der Waals surface area contributed by atoms with Crippen LogP contribution in [0.1, 0.15) is 99.3 Å². The van der Waals surface area contributed by atoms with Crippen molar-refractivity contribution in [2.75, 3.05) is 7.11 Å². The Morgan fingerprint density at radius 2 is 1.80 bits per heavy atom. The molecule has 5 saturated carbocycles. The molecule has 5 aliphatic rings. The van der Waals surface area contributed by atoms with Crippen molar-refractivity contribution >= 4 is 0 Å². The first-order valence-electron chi connectivity index (χ1n) is 13.1. The van der Waals surface area contributed by atoms with E-state index in [1.165, 1.54) is 51.4 Å². The average molecular weight is 411 g/mol. The number of ether oxygens (including phenoxy) is 1. The van der Waals surface area contributed by atoms with Crippen molar-refractivity contribution in [2.45, 2.75) is 105 Å². The highest BCUT2D eigenvalue weighted by molar-refractivity contribution is 5.26. The number of methoxy groups -OCH3 is 1. The molecule has 0 heterocycles. The summed E-state index contributed by atoms with van der Waals surface area (Å²) in [6.07, 6.45) is 13.3. The van der Waals surface area contributed by atoms with Crippen LogP contribution >= 0.6 is 0 Å². The van der Waals surface area contributed by atoms with Crippen LogP contribution in [0.5, 0.6) is 0 Å². The minimum absolute atomic E-state index is 0.129. The third kappa shape index (κ3) is 2.77. The fourth-order valence-electron chi connectivity index (χ4n) is 10.2. The molecule has 0 aromatic carbocycles. The summed E-state index contributed by atoms with van der Waals surface area (Å²) in [4.78, 5) is 0. The van der Waals surface area contributed by atoms with Gasteiger partial charge in [0.15, 0.2) is 0 Å². The molecule has 0 unspecified atom stereocenters. The molecule has 0 saturated heterocycles. The summed E-state index contributed by atoms with van der Waals surface area (Å²) in [5.41, 5.74) is 1.78. The van der Waals surface area contributed by atoms with E-state index in [4.69, 9.17) is 4.74 Å². The number of fused-ring (bicyclic) bond motifs is 4. The quantitative estimate of drug-likeness (QED) is 0.442. The Balaban J connectivity index is 1.37. The Morgan fingerprint density at radius 3 is 2.47 bits per heavy atom. The van der Waals surface area contributed by atoms with Crippen LogP contribution in [0.15, 0.2) is 0 Å². The van der Waals surface area contributed by atoms with E-state index in [1.54, 1.807) is 0 Å². The molecule has 5 fully saturated rings. The maximum atomic E-state index is 6.29. The fourth-order valence-corrected chi connectivity index (χ4v) is 10.2. The SMILES string of the molecule is CO[C@@H]1C[C@H]2[C@@H]3CC[C@H]([C@H](C)CC#CC(C)(C)C)[C@@]3(C)CC[C@@H]2[C@@]2(C)CC[C@H]3C[C@]312. The van der Waals surface area contributed by atoms with Crippen molar-refractivity contribution in [2.24, 2.45) is 57.2 Å². The van der Waals surface area contributed by atoms with Crippen molar-refractivity contribution in [3.8, 4) is 11.8 Å². The molecule has 0 amide bonds. The van der Waals surface area contributed by atoms with Gasteiger partial charge in [0.25, 0.3) is 0 Å². The molecule has 10 atom stereocenters. The second-order valence-electron chi connectivity index (χ2n) is 13.7. The van der Waals surface area contributed by atoms with Crippen LogP contribution in [-0.4, -0.2) is 13.2 Å². The van der Waals surface area contributed by atoms with Gasteiger partial charge < -0.3 is 4.74 Å². The molecule has 0 aliphatic heterocycles. The Labute approximate surface area is 186 Å². The standard InChI is InChI=1S/C29H46O/c1-19(9-8-14-26(2,3)4)22-10-11-23-21-17-25(30-7)29-18-20(29)12-16-28(29,6)24(21)13-15-27(22,23)5/h19-25H,9-13,15-18H2,1-7H3/t19-,20+,21+,22-,23+,24+,25-,27-,28-,29+/m1/s1. The van der Waals surface area contributed by atoms with E-state index in [0.717, 1.165) is 41.9 Å². The maximum absolute atomic E-state index is 6.29. The third-order valence-electron chi connectivity index (χ3n) is 11.5. The van der Waals surface area contributed by atoms with Gasteiger partial charge in [-0.3, -0.25) is 0 Å². The van der Waals surface area contributed by atoms with Gasteiger partial charge in [-0.15, -0.1) is 5.92 Å². The van der Waals surface area contributed by atoms with Crippen LogP contribution in [-0.2, 0) is 4.74 Å². The van der Waals surface area contributed by atoms with E-state index < -0.39 is 0 Å². The molecule has 1 heteroatoms. The van der Waals surface area contributed by atoms with E-state index in [2.05, 4.69) is 53.4 Å². The second-order valence-corrected chi connectivity index (χ2v) is 13.7. The second kappa shape index (κ2) is 6.76. The van der Waals surface area contributed by atoms with Crippen molar-refractivity contribution < 1.29 is 4.74 Å². The lowest BCUT2D eigenvalue weighted by Crippen LogP contribution is -2.57. The van der Waals surface area contributed by atoms with Gasteiger partial charge in [0.1, 0.15) is 0 Å². The van der Waals surface area contributed by atoms with Crippen LogP contribution in [0.2, 0.25) is 0 Å². The summed E-state index contributed by atoms with van der Waals surface area (Å²) in [6, 6.07) is 0. The molecule has 0 radical (unpaired) electrons. The molecular formula is C29H46O. The lowest BCUT2D eigenvalue weighted by atomic mass is 9.45. The number of hydrogen-bond acceptors (Lipinski definition) is 1. The van der Waals surface area contributed by atoms with E-state index in [0.29, 0.717) is 22.3 Å². The predicted molar refractivity (Wildman–Crippen MR) is 125 cm³/mol. The molecule has 30 heavy (non-hydrogen) atoms. The van der Waals surface area contributed by atoms with Crippen molar-refractivity contribution in [1.82, 2.24) is 0 Å². The van der Waals surface area contributed by atoms with Gasteiger partial charge in [-0.2, -0.15) is 0 Å². The van der Waals surface area contributed by atoms with Crippen molar-refractivity contribution in [1.29, 1.82) is 0 Å². The molecule has 0 bridgehead atoms. The van der Waals surface area contributed by atoms with Gasteiger partial charge in [0, 0.05) is 24.4 Å². The molecular weight excluding hydrogens is 364 g/mol. The number of hydrogen-bond donors (Lipinski definition) is 0. The van der Waals surface area contributed by atoms with E-state index in [1.807, 2.05) is 7.11 Å². The largest absolute Gasteiger partial charge is 0.381 e. The molecule has 1 spiro atoms. The minimum atomic E-state index is 0.129. The highest BCUT2D eigenvalue weighted by Gasteiger charge is 2.77. The number of rotatable bonds is 3. The monoisotopic (exact) mass is 410 g/mol. The van der Waals surface area contributed by atoms with E-state index in [9.17, 15) is 0 Å². The van der Waals surface area contributed by atoms with Gasteiger partial charge in [-0.05, 0) is 118 Å². The van der Waals surface area contributed by atoms with Crippen LogP contribution in [0.25, 0.3) is 0 Å². The van der Waals surface area contributed by atoms with Gasteiger partial charge in [-0.25, -0.2) is 0 Å². The lowest BCUT2D eigenvalue weighted by Gasteiger charge is -2.61. The van der Waals surface area contributed by atoms with Crippen LogP contribution in [0.4, 0.5) is 0 Å².